The van der Waals surface area contributed by atoms with Crippen LogP contribution in [0.5, 0.6) is 0 Å². The highest BCUT2D eigenvalue weighted by Gasteiger charge is 1.87. The van der Waals surface area contributed by atoms with Crippen LogP contribution in [0.4, 0.5) is 0 Å². The molecule has 1 aromatic rings. The molecule has 0 saturated heterocycles. The zero-order chi connectivity index (χ0) is 9.52. The fourth-order valence-corrected chi connectivity index (χ4v) is 0.958. The van der Waals surface area contributed by atoms with E-state index in [2.05, 4.69) is 30.2 Å². The fourth-order valence-electron chi connectivity index (χ4n) is 0.958. The van der Waals surface area contributed by atoms with Crippen molar-refractivity contribution in [3.63, 3.8) is 0 Å². The van der Waals surface area contributed by atoms with Gasteiger partial charge in [0.2, 0.25) is 0 Å². The average molecular weight is 176 g/mol. The molecule has 0 aliphatic heterocycles. The Hall–Kier alpha value is -1.15. The highest BCUT2D eigenvalue weighted by atomic mass is 14.9. The van der Waals surface area contributed by atoms with Gasteiger partial charge in [0.05, 0.1) is 5.69 Å². The number of pyridine rings is 1. The molecule has 0 radical (unpaired) electrons. The van der Waals surface area contributed by atoms with Crippen molar-refractivity contribution in [3.8, 4) is 0 Å². The summed E-state index contributed by atoms with van der Waals surface area (Å²) in [4.78, 5) is 4.18. The largest absolute Gasteiger partial charge is 0.311 e. The van der Waals surface area contributed by atoms with Crippen molar-refractivity contribution in [2.24, 2.45) is 0 Å². The molecule has 0 amide bonds. The monoisotopic (exact) mass is 176 g/mol. The van der Waals surface area contributed by atoms with Gasteiger partial charge in [0.15, 0.2) is 0 Å². The molecule has 0 bridgehead atoms. The molecule has 0 atom stereocenters. The molecule has 13 heavy (non-hydrogen) atoms. The first-order valence-electron chi connectivity index (χ1n) is 4.60. The number of nitrogens with one attached hydrogen (secondary N) is 1. The number of hydrogen-bond acceptors (Lipinski definition) is 2. The third-order valence-corrected chi connectivity index (χ3v) is 1.62. The lowest BCUT2D eigenvalue weighted by Gasteiger charge is -2.02. The van der Waals surface area contributed by atoms with Gasteiger partial charge < -0.3 is 5.32 Å². The van der Waals surface area contributed by atoms with Gasteiger partial charge in [-0.15, -0.1) is 0 Å². The van der Waals surface area contributed by atoms with E-state index in [1.165, 1.54) is 0 Å². The zero-order valence-corrected chi connectivity index (χ0v) is 8.20. The van der Waals surface area contributed by atoms with E-state index in [1.54, 1.807) is 6.20 Å². The van der Waals surface area contributed by atoms with Gasteiger partial charge in [-0.1, -0.05) is 26.0 Å². The van der Waals surface area contributed by atoms with Crippen LogP contribution in [0.25, 0.3) is 6.08 Å². The van der Waals surface area contributed by atoms with Crippen molar-refractivity contribution in [2.75, 3.05) is 6.54 Å². The second-order valence-electron chi connectivity index (χ2n) is 3.22. The molecule has 0 aromatic carbocycles. The fraction of sp³-hybridized carbons (Fsp3) is 0.364. The van der Waals surface area contributed by atoms with Gasteiger partial charge >= 0.3 is 0 Å². The number of hydrogen-bond donors (Lipinski definition) is 1. The van der Waals surface area contributed by atoms with E-state index in [1.807, 2.05) is 24.3 Å². The molecule has 2 heteroatoms. The minimum atomic E-state index is 0.536. The van der Waals surface area contributed by atoms with Crippen LogP contribution in [-0.2, 0) is 0 Å². The summed E-state index contributed by atoms with van der Waals surface area (Å²) in [5.41, 5.74) is 1.01. The van der Waals surface area contributed by atoms with Crippen LogP contribution in [0.3, 0.4) is 0 Å². The molecule has 0 saturated carbocycles. The van der Waals surface area contributed by atoms with Crippen molar-refractivity contribution in [1.82, 2.24) is 10.3 Å². The summed E-state index contributed by atoms with van der Waals surface area (Å²) in [6, 6.07) is 6.44. The Morgan fingerprint density at radius 2 is 2.31 bits per heavy atom. The van der Waals surface area contributed by atoms with E-state index in [4.69, 9.17) is 0 Å². The predicted octanol–water partition coefficient (Wildman–Crippen LogP) is 2.09. The summed E-state index contributed by atoms with van der Waals surface area (Å²) >= 11 is 0. The lowest BCUT2D eigenvalue weighted by atomic mass is 10.3. The van der Waals surface area contributed by atoms with E-state index in [0.29, 0.717) is 6.04 Å². The second-order valence-corrected chi connectivity index (χ2v) is 3.22. The molecule has 0 fully saturated rings. The summed E-state index contributed by atoms with van der Waals surface area (Å²) in [5, 5.41) is 3.30. The molecule has 0 spiro atoms. The SMILES string of the molecule is CC(C)NCC=Cc1ccccn1. The molecule has 1 heterocycles. The Labute approximate surface area is 79.7 Å². The van der Waals surface area contributed by atoms with E-state index < -0.39 is 0 Å². The van der Waals surface area contributed by atoms with Crippen LogP contribution in [-0.4, -0.2) is 17.6 Å². The van der Waals surface area contributed by atoms with Gasteiger partial charge in [-0.25, -0.2) is 0 Å². The summed E-state index contributed by atoms with van der Waals surface area (Å²) < 4.78 is 0. The average Bonchev–Trinajstić information content (AvgIpc) is 2.14. The van der Waals surface area contributed by atoms with Crippen LogP contribution in [0.1, 0.15) is 19.5 Å². The van der Waals surface area contributed by atoms with Crippen molar-refractivity contribution >= 4 is 6.08 Å². The quantitative estimate of drug-likeness (QED) is 0.760. The van der Waals surface area contributed by atoms with Crippen LogP contribution < -0.4 is 5.32 Å². The van der Waals surface area contributed by atoms with Gasteiger partial charge in [-0.3, -0.25) is 4.98 Å². The molecule has 0 aliphatic carbocycles. The Kier molecular flexibility index (Phi) is 4.19. The molecule has 0 unspecified atom stereocenters. The van der Waals surface area contributed by atoms with Crippen molar-refractivity contribution < 1.29 is 0 Å². The predicted molar refractivity (Wildman–Crippen MR) is 56.4 cm³/mol. The first-order valence-corrected chi connectivity index (χ1v) is 4.60. The lowest BCUT2D eigenvalue weighted by molar-refractivity contribution is 0.633. The highest BCUT2D eigenvalue weighted by Crippen LogP contribution is 1.95. The van der Waals surface area contributed by atoms with Crippen molar-refractivity contribution in [2.45, 2.75) is 19.9 Å². The Bertz CT molecular complexity index is 252. The standard InChI is InChI=1S/C11H16N2/c1-10(2)12-9-5-7-11-6-3-4-8-13-11/h3-8,10,12H,9H2,1-2H3. The van der Waals surface area contributed by atoms with Crippen LogP contribution in [0, 0.1) is 0 Å². The molecule has 70 valence electrons. The Balaban J connectivity index is 2.33. The van der Waals surface area contributed by atoms with E-state index in [0.717, 1.165) is 12.2 Å². The molecular weight excluding hydrogens is 160 g/mol. The second kappa shape index (κ2) is 5.49. The minimum absolute atomic E-state index is 0.536. The van der Waals surface area contributed by atoms with Gasteiger partial charge in [0.1, 0.15) is 0 Å². The number of rotatable bonds is 4. The molecule has 2 nitrogen and oxygen atoms in total. The summed E-state index contributed by atoms with van der Waals surface area (Å²) in [7, 11) is 0. The Morgan fingerprint density at radius 1 is 1.46 bits per heavy atom. The first-order chi connectivity index (χ1) is 6.29. The maximum Gasteiger partial charge on any atom is 0.0626 e. The van der Waals surface area contributed by atoms with Gasteiger partial charge in [-0.05, 0) is 18.2 Å². The van der Waals surface area contributed by atoms with Crippen LogP contribution >= 0.6 is 0 Å². The summed E-state index contributed by atoms with van der Waals surface area (Å²) in [5.74, 6) is 0. The molecule has 1 rings (SSSR count). The highest BCUT2D eigenvalue weighted by molar-refractivity contribution is 5.43. The smallest absolute Gasteiger partial charge is 0.0626 e. The van der Waals surface area contributed by atoms with Gasteiger partial charge in [0.25, 0.3) is 0 Å². The van der Waals surface area contributed by atoms with Crippen molar-refractivity contribution in [3.05, 3.63) is 36.2 Å². The maximum absolute atomic E-state index is 4.18. The lowest BCUT2D eigenvalue weighted by Crippen LogP contribution is -2.22. The minimum Gasteiger partial charge on any atom is -0.311 e. The number of aromatic nitrogens is 1. The van der Waals surface area contributed by atoms with Crippen molar-refractivity contribution in [1.29, 1.82) is 0 Å². The molecular formula is C11H16N2. The Morgan fingerprint density at radius 3 is 2.92 bits per heavy atom. The normalized spacial score (nSPS) is 11.3. The third kappa shape index (κ3) is 4.43. The molecule has 0 aliphatic rings. The maximum atomic E-state index is 4.18. The molecule has 1 aromatic heterocycles. The van der Waals surface area contributed by atoms with Crippen LogP contribution in [0.15, 0.2) is 30.5 Å². The van der Waals surface area contributed by atoms with Gasteiger partial charge in [0, 0.05) is 18.8 Å². The van der Waals surface area contributed by atoms with E-state index in [9.17, 15) is 0 Å². The number of nitrogens with zero attached hydrogens (tertiary/aromatic N) is 1. The summed E-state index contributed by atoms with van der Waals surface area (Å²) in [6.07, 6.45) is 5.91. The van der Waals surface area contributed by atoms with Gasteiger partial charge in [-0.2, -0.15) is 0 Å². The molecule has 1 N–H and O–H groups in total. The first kappa shape index (κ1) is 9.93. The van der Waals surface area contributed by atoms with E-state index >= 15 is 0 Å². The topological polar surface area (TPSA) is 24.9 Å². The van der Waals surface area contributed by atoms with Crippen LogP contribution in [0.2, 0.25) is 0 Å². The van der Waals surface area contributed by atoms with E-state index in [-0.39, 0.29) is 0 Å². The zero-order valence-electron chi connectivity index (χ0n) is 8.20. The summed E-state index contributed by atoms with van der Waals surface area (Å²) in [6.45, 7) is 5.16. The third-order valence-electron chi connectivity index (χ3n) is 1.62.